The van der Waals surface area contributed by atoms with Gasteiger partial charge in [-0.05, 0) is 36.8 Å². The van der Waals surface area contributed by atoms with Crippen molar-refractivity contribution in [3.63, 3.8) is 0 Å². The summed E-state index contributed by atoms with van der Waals surface area (Å²) in [7, 11) is 1.61. The third-order valence-electron chi connectivity index (χ3n) is 4.61. The Balaban J connectivity index is 1.72. The highest BCUT2D eigenvalue weighted by atomic mass is 35.5. The Morgan fingerprint density at radius 2 is 1.96 bits per heavy atom. The van der Waals surface area contributed by atoms with Gasteiger partial charge in [-0.2, -0.15) is 5.26 Å². The fraction of sp³-hybridized carbons (Fsp3) is 0.263. The first-order valence-electron chi connectivity index (χ1n) is 8.37. The average molecular weight is 417 g/mol. The molecule has 1 aromatic carbocycles. The van der Waals surface area contributed by atoms with Gasteiger partial charge in [-0.15, -0.1) is 11.3 Å². The van der Waals surface area contributed by atoms with Gasteiger partial charge >= 0.3 is 6.03 Å². The van der Waals surface area contributed by atoms with E-state index in [0.29, 0.717) is 22.0 Å². The summed E-state index contributed by atoms with van der Waals surface area (Å²) in [4.78, 5) is 41.1. The minimum atomic E-state index is -1.29. The van der Waals surface area contributed by atoms with E-state index in [0.717, 1.165) is 9.78 Å². The first kappa shape index (κ1) is 19.9. The van der Waals surface area contributed by atoms with E-state index in [1.807, 2.05) is 12.1 Å². The number of rotatable bonds is 5. The number of urea groups is 1. The van der Waals surface area contributed by atoms with Crippen LogP contribution in [-0.4, -0.2) is 41.2 Å². The molecule has 0 radical (unpaired) electrons. The fourth-order valence-electron chi connectivity index (χ4n) is 2.93. The van der Waals surface area contributed by atoms with E-state index in [-0.39, 0.29) is 12.5 Å². The van der Waals surface area contributed by atoms with Crippen molar-refractivity contribution in [2.75, 3.05) is 13.6 Å². The van der Waals surface area contributed by atoms with Gasteiger partial charge in [0.05, 0.1) is 22.5 Å². The molecule has 1 aromatic heterocycles. The Hall–Kier alpha value is -2.89. The molecule has 2 heterocycles. The molecular formula is C19H17ClN4O3S. The van der Waals surface area contributed by atoms with Crippen LogP contribution in [0.5, 0.6) is 0 Å². The molecule has 1 aliphatic rings. The molecule has 9 heteroatoms. The molecule has 144 valence electrons. The van der Waals surface area contributed by atoms with E-state index in [2.05, 4.69) is 5.32 Å². The van der Waals surface area contributed by atoms with E-state index >= 15 is 0 Å². The monoisotopic (exact) mass is 416 g/mol. The second kappa shape index (κ2) is 7.62. The number of nitriles is 1. The predicted molar refractivity (Wildman–Crippen MR) is 105 cm³/mol. The number of nitrogens with zero attached hydrogens (tertiary/aromatic N) is 3. The predicted octanol–water partition coefficient (Wildman–Crippen LogP) is 2.70. The molecule has 2 aromatic rings. The number of carbonyl (C=O) groups excluding carboxylic acids is 3. The van der Waals surface area contributed by atoms with Crippen molar-refractivity contribution in [1.82, 2.24) is 15.1 Å². The van der Waals surface area contributed by atoms with Gasteiger partial charge in [0.15, 0.2) is 0 Å². The Bertz CT molecular complexity index is 982. The van der Waals surface area contributed by atoms with Crippen molar-refractivity contribution in [2.24, 2.45) is 0 Å². The first-order chi connectivity index (χ1) is 13.2. The summed E-state index contributed by atoms with van der Waals surface area (Å²) in [6, 6.07) is 11.3. The van der Waals surface area contributed by atoms with Crippen molar-refractivity contribution in [2.45, 2.75) is 19.0 Å². The van der Waals surface area contributed by atoms with Crippen molar-refractivity contribution in [1.29, 1.82) is 5.26 Å². The van der Waals surface area contributed by atoms with Crippen molar-refractivity contribution < 1.29 is 14.4 Å². The smallest absolute Gasteiger partial charge is 0.325 e. The molecule has 0 saturated carbocycles. The number of benzene rings is 1. The van der Waals surface area contributed by atoms with Crippen LogP contribution in [0.2, 0.25) is 4.34 Å². The van der Waals surface area contributed by atoms with Crippen LogP contribution in [0.3, 0.4) is 0 Å². The summed E-state index contributed by atoms with van der Waals surface area (Å²) >= 11 is 7.27. The zero-order valence-corrected chi connectivity index (χ0v) is 16.8. The molecule has 0 aliphatic carbocycles. The highest BCUT2D eigenvalue weighted by molar-refractivity contribution is 7.16. The van der Waals surface area contributed by atoms with Gasteiger partial charge in [-0.1, -0.05) is 23.7 Å². The minimum Gasteiger partial charge on any atom is -0.339 e. The van der Waals surface area contributed by atoms with Gasteiger partial charge in [0, 0.05) is 11.9 Å². The molecule has 1 aliphatic heterocycles. The fourth-order valence-corrected chi connectivity index (χ4v) is 4.07. The van der Waals surface area contributed by atoms with Crippen LogP contribution in [0.25, 0.3) is 0 Å². The summed E-state index contributed by atoms with van der Waals surface area (Å²) < 4.78 is 0.628. The second-order valence-electron chi connectivity index (χ2n) is 6.59. The number of nitrogens with one attached hydrogen (secondary N) is 1. The lowest BCUT2D eigenvalue weighted by Gasteiger charge is -2.23. The van der Waals surface area contributed by atoms with E-state index in [9.17, 15) is 14.4 Å². The SMILES string of the molecule is CN(Cc1ccc(Cl)s1)C(=O)CN1C(=O)NC(C)(c2ccc(C#N)cc2)C1=O. The standard InChI is InChI=1S/C19H17ClN4O3S/c1-19(13-5-3-12(9-21)4-6-13)17(26)24(18(27)22-19)11-16(25)23(2)10-14-7-8-15(20)28-14/h3-8H,10-11H2,1-2H3,(H,22,27). The van der Waals surface area contributed by atoms with Crippen molar-refractivity contribution in [3.05, 3.63) is 56.7 Å². The topological polar surface area (TPSA) is 93.5 Å². The normalized spacial score (nSPS) is 18.7. The summed E-state index contributed by atoms with van der Waals surface area (Å²) in [6.07, 6.45) is 0. The maximum atomic E-state index is 12.9. The van der Waals surface area contributed by atoms with E-state index in [1.54, 1.807) is 44.3 Å². The lowest BCUT2D eigenvalue weighted by molar-refractivity contribution is -0.138. The van der Waals surface area contributed by atoms with Crippen LogP contribution < -0.4 is 5.32 Å². The number of thiophene rings is 1. The van der Waals surface area contributed by atoms with Crippen molar-refractivity contribution in [3.8, 4) is 6.07 Å². The van der Waals surface area contributed by atoms with E-state index in [1.165, 1.54) is 16.2 Å². The second-order valence-corrected chi connectivity index (χ2v) is 8.39. The number of hydrogen-bond acceptors (Lipinski definition) is 5. The molecule has 3 rings (SSSR count). The molecule has 0 bridgehead atoms. The molecule has 1 unspecified atom stereocenters. The van der Waals surface area contributed by atoms with Gasteiger partial charge < -0.3 is 10.2 Å². The Labute approximate surface area is 171 Å². The number of amides is 4. The lowest BCUT2D eigenvalue weighted by Crippen LogP contribution is -2.43. The number of hydrogen-bond donors (Lipinski definition) is 1. The average Bonchev–Trinajstić information content (AvgIpc) is 3.18. The van der Waals surface area contributed by atoms with Crippen LogP contribution in [0, 0.1) is 11.3 Å². The molecule has 7 nitrogen and oxygen atoms in total. The van der Waals surface area contributed by atoms with Gasteiger partial charge in [0.2, 0.25) is 5.91 Å². The van der Waals surface area contributed by atoms with Gasteiger partial charge in [0.25, 0.3) is 5.91 Å². The van der Waals surface area contributed by atoms with Crippen LogP contribution in [0.15, 0.2) is 36.4 Å². The molecule has 28 heavy (non-hydrogen) atoms. The van der Waals surface area contributed by atoms with E-state index < -0.39 is 17.5 Å². The summed E-state index contributed by atoms with van der Waals surface area (Å²) in [5.41, 5.74) is -0.293. The Kier molecular flexibility index (Phi) is 5.40. The Morgan fingerprint density at radius 3 is 2.54 bits per heavy atom. The van der Waals surface area contributed by atoms with E-state index in [4.69, 9.17) is 16.9 Å². The molecular weight excluding hydrogens is 400 g/mol. The van der Waals surface area contributed by atoms with Crippen LogP contribution in [0.4, 0.5) is 4.79 Å². The van der Waals surface area contributed by atoms with Gasteiger partial charge in [0.1, 0.15) is 12.1 Å². The molecule has 1 fully saturated rings. The third kappa shape index (κ3) is 3.72. The molecule has 1 atom stereocenters. The highest BCUT2D eigenvalue weighted by Crippen LogP contribution is 2.29. The first-order valence-corrected chi connectivity index (χ1v) is 9.57. The minimum absolute atomic E-state index is 0.340. The number of carbonyl (C=O) groups is 3. The van der Waals surface area contributed by atoms with Gasteiger partial charge in [-0.3, -0.25) is 14.5 Å². The van der Waals surface area contributed by atoms with Crippen LogP contribution in [0.1, 0.15) is 22.9 Å². The largest absolute Gasteiger partial charge is 0.339 e. The maximum Gasteiger partial charge on any atom is 0.325 e. The molecule has 1 N–H and O–H groups in total. The number of halogens is 1. The molecule has 4 amide bonds. The summed E-state index contributed by atoms with van der Waals surface area (Å²) in [6.45, 7) is 1.56. The van der Waals surface area contributed by atoms with Crippen LogP contribution >= 0.6 is 22.9 Å². The quantitative estimate of drug-likeness (QED) is 0.758. The maximum absolute atomic E-state index is 12.9. The third-order valence-corrected chi connectivity index (χ3v) is 5.82. The van der Waals surface area contributed by atoms with Gasteiger partial charge in [-0.25, -0.2) is 4.79 Å². The zero-order chi connectivity index (χ0) is 20.5. The molecule has 1 saturated heterocycles. The zero-order valence-electron chi connectivity index (χ0n) is 15.2. The summed E-state index contributed by atoms with van der Waals surface area (Å²) in [5, 5.41) is 11.6. The number of imide groups is 1. The molecule has 0 spiro atoms. The Morgan fingerprint density at radius 1 is 1.29 bits per heavy atom. The van der Waals surface area contributed by atoms with Crippen LogP contribution in [-0.2, 0) is 21.7 Å². The number of likely N-dealkylation sites (N-methyl/N-ethyl adjacent to an activating group) is 1. The highest BCUT2D eigenvalue weighted by Gasteiger charge is 2.49. The lowest BCUT2D eigenvalue weighted by atomic mass is 9.91. The summed E-state index contributed by atoms with van der Waals surface area (Å²) in [5.74, 6) is -0.875. The van der Waals surface area contributed by atoms with Crippen molar-refractivity contribution >= 4 is 40.8 Å².